The summed E-state index contributed by atoms with van der Waals surface area (Å²) in [6, 6.07) is 12.3. The summed E-state index contributed by atoms with van der Waals surface area (Å²) in [7, 11) is 3.14. The number of benzene rings is 2. The molecule has 144 valence electrons. The Morgan fingerprint density at radius 3 is 2.46 bits per heavy atom. The zero-order valence-corrected chi connectivity index (χ0v) is 17.1. The van der Waals surface area contributed by atoms with E-state index in [9.17, 15) is 9.59 Å². The second kappa shape index (κ2) is 8.45. The van der Waals surface area contributed by atoms with E-state index in [2.05, 4.69) is 5.32 Å². The van der Waals surface area contributed by atoms with E-state index >= 15 is 0 Å². The number of carbonyl (C=O) groups excluding carboxylic acids is 2. The number of thioether (sulfide) groups is 1. The van der Waals surface area contributed by atoms with Gasteiger partial charge in [-0.3, -0.25) is 14.5 Å². The molecule has 0 bridgehead atoms. The molecule has 1 N–H and O–H groups in total. The number of anilines is 2. The molecule has 1 fully saturated rings. The van der Waals surface area contributed by atoms with Crippen LogP contribution in [0.1, 0.15) is 12.5 Å². The minimum absolute atomic E-state index is 0.158. The first-order valence-electron chi connectivity index (χ1n) is 8.30. The predicted octanol–water partition coefficient (Wildman–Crippen LogP) is 4.07. The molecule has 28 heavy (non-hydrogen) atoms. The van der Waals surface area contributed by atoms with Crippen LogP contribution >= 0.6 is 24.0 Å². The Kier molecular flexibility index (Phi) is 6.01. The van der Waals surface area contributed by atoms with E-state index < -0.39 is 0 Å². The summed E-state index contributed by atoms with van der Waals surface area (Å²) in [4.78, 5) is 26.0. The second-order valence-electron chi connectivity index (χ2n) is 5.85. The molecule has 0 spiro atoms. The van der Waals surface area contributed by atoms with Gasteiger partial charge in [0.25, 0.3) is 5.91 Å². The van der Waals surface area contributed by atoms with Gasteiger partial charge >= 0.3 is 0 Å². The molecule has 2 aromatic carbocycles. The Balaban J connectivity index is 1.87. The highest BCUT2D eigenvalue weighted by molar-refractivity contribution is 8.27. The van der Waals surface area contributed by atoms with Gasteiger partial charge in [0.15, 0.2) is 4.32 Å². The monoisotopic (exact) mass is 414 g/mol. The molecule has 0 saturated carbocycles. The van der Waals surface area contributed by atoms with E-state index in [1.807, 2.05) is 6.07 Å². The summed E-state index contributed by atoms with van der Waals surface area (Å²) in [6.07, 6.45) is 1.75. The minimum Gasteiger partial charge on any atom is -0.497 e. The molecule has 2 aromatic rings. The number of rotatable bonds is 5. The van der Waals surface area contributed by atoms with Crippen molar-refractivity contribution in [2.45, 2.75) is 6.92 Å². The highest BCUT2D eigenvalue weighted by atomic mass is 32.2. The molecule has 1 aliphatic heterocycles. The fourth-order valence-corrected chi connectivity index (χ4v) is 3.96. The fraction of sp³-hybridized carbons (Fsp3) is 0.150. The van der Waals surface area contributed by atoms with Crippen molar-refractivity contribution in [3.05, 3.63) is 52.9 Å². The molecule has 8 heteroatoms. The predicted molar refractivity (Wildman–Crippen MR) is 116 cm³/mol. The lowest BCUT2D eigenvalue weighted by molar-refractivity contribution is -0.114. The van der Waals surface area contributed by atoms with Gasteiger partial charge in [-0.2, -0.15) is 0 Å². The second-order valence-corrected chi connectivity index (χ2v) is 7.53. The van der Waals surface area contributed by atoms with Crippen LogP contribution in [0.5, 0.6) is 11.5 Å². The van der Waals surface area contributed by atoms with E-state index in [0.29, 0.717) is 32.1 Å². The van der Waals surface area contributed by atoms with Crippen LogP contribution in [0.2, 0.25) is 0 Å². The van der Waals surface area contributed by atoms with Crippen LogP contribution in [-0.4, -0.2) is 30.4 Å². The Morgan fingerprint density at radius 1 is 1.14 bits per heavy atom. The van der Waals surface area contributed by atoms with Crippen molar-refractivity contribution in [1.29, 1.82) is 0 Å². The molecular weight excluding hydrogens is 396 g/mol. The lowest BCUT2D eigenvalue weighted by Crippen LogP contribution is -2.27. The standard InChI is InChI=1S/C20H18N2O4S2/c1-12(23)21-14-5-7-15(8-6-14)22-19(24)18(28-20(22)27)10-13-4-9-16(25-2)11-17(13)26-3/h4-11H,1-3H3,(H,21,23)/b18-10+. The molecule has 0 aromatic heterocycles. The topological polar surface area (TPSA) is 67.9 Å². The normalized spacial score (nSPS) is 15.1. The van der Waals surface area contributed by atoms with E-state index in [-0.39, 0.29) is 11.8 Å². The van der Waals surface area contributed by atoms with Crippen molar-refractivity contribution in [1.82, 2.24) is 0 Å². The Bertz CT molecular complexity index is 971. The number of carbonyl (C=O) groups is 2. The van der Waals surface area contributed by atoms with Crippen LogP contribution in [0.25, 0.3) is 6.08 Å². The number of ether oxygens (including phenoxy) is 2. The van der Waals surface area contributed by atoms with Crippen molar-refractivity contribution in [2.24, 2.45) is 0 Å². The van der Waals surface area contributed by atoms with E-state index in [0.717, 1.165) is 5.56 Å². The number of hydrogen-bond acceptors (Lipinski definition) is 6. The van der Waals surface area contributed by atoms with Crippen molar-refractivity contribution in [2.75, 3.05) is 24.4 Å². The molecule has 1 saturated heterocycles. The lowest BCUT2D eigenvalue weighted by atomic mass is 10.1. The van der Waals surface area contributed by atoms with Crippen LogP contribution in [0, 0.1) is 0 Å². The number of hydrogen-bond donors (Lipinski definition) is 1. The first kappa shape index (κ1) is 19.9. The average molecular weight is 415 g/mol. The molecule has 0 radical (unpaired) electrons. The van der Waals surface area contributed by atoms with E-state index in [1.54, 1.807) is 56.7 Å². The van der Waals surface area contributed by atoms with Gasteiger partial charge < -0.3 is 14.8 Å². The maximum Gasteiger partial charge on any atom is 0.270 e. The zero-order valence-electron chi connectivity index (χ0n) is 15.5. The van der Waals surface area contributed by atoms with Gasteiger partial charge in [-0.25, -0.2) is 0 Å². The van der Waals surface area contributed by atoms with Crippen molar-refractivity contribution in [3.8, 4) is 11.5 Å². The van der Waals surface area contributed by atoms with Crippen molar-refractivity contribution < 1.29 is 19.1 Å². The van der Waals surface area contributed by atoms with Crippen molar-refractivity contribution >= 4 is 57.6 Å². The number of amides is 2. The first-order chi connectivity index (χ1) is 13.4. The summed E-state index contributed by atoms with van der Waals surface area (Å²) >= 11 is 6.63. The quantitative estimate of drug-likeness (QED) is 0.588. The molecule has 2 amide bonds. The number of methoxy groups -OCH3 is 2. The number of thiocarbonyl (C=S) groups is 1. The van der Waals surface area contributed by atoms with Gasteiger partial charge in [0.1, 0.15) is 11.5 Å². The first-order valence-corrected chi connectivity index (χ1v) is 9.53. The minimum atomic E-state index is -0.208. The third-order valence-corrected chi connectivity index (χ3v) is 5.27. The summed E-state index contributed by atoms with van der Waals surface area (Å²) in [5.41, 5.74) is 2.05. The maximum absolute atomic E-state index is 12.9. The molecule has 1 heterocycles. The number of nitrogens with one attached hydrogen (secondary N) is 1. The zero-order chi connectivity index (χ0) is 20.3. The molecule has 1 aliphatic rings. The molecule has 0 unspecified atom stereocenters. The highest BCUT2D eigenvalue weighted by Gasteiger charge is 2.33. The van der Waals surface area contributed by atoms with Crippen molar-refractivity contribution in [3.63, 3.8) is 0 Å². The summed E-state index contributed by atoms with van der Waals surface area (Å²) < 4.78 is 11.0. The summed E-state index contributed by atoms with van der Waals surface area (Å²) in [5, 5.41) is 2.69. The SMILES string of the molecule is COc1ccc(/C=C2/SC(=S)N(c3ccc(NC(C)=O)cc3)C2=O)c(OC)c1. The molecule has 0 atom stereocenters. The van der Waals surface area contributed by atoms with Crippen LogP contribution in [0.3, 0.4) is 0 Å². The Labute approximate surface area is 172 Å². The molecular formula is C20H18N2O4S2. The largest absolute Gasteiger partial charge is 0.497 e. The number of nitrogens with zero attached hydrogens (tertiary/aromatic N) is 1. The highest BCUT2D eigenvalue weighted by Crippen LogP contribution is 2.38. The van der Waals surface area contributed by atoms with Gasteiger partial charge in [-0.1, -0.05) is 24.0 Å². The van der Waals surface area contributed by atoms with Gasteiger partial charge in [0.05, 0.1) is 24.8 Å². The molecule has 3 rings (SSSR count). The summed E-state index contributed by atoms with van der Waals surface area (Å²) in [5.74, 6) is 0.903. The van der Waals surface area contributed by atoms with Crippen LogP contribution in [0.15, 0.2) is 47.4 Å². The van der Waals surface area contributed by atoms with Gasteiger partial charge in [-0.15, -0.1) is 0 Å². The third-order valence-electron chi connectivity index (χ3n) is 3.97. The van der Waals surface area contributed by atoms with Crippen LogP contribution in [-0.2, 0) is 9.59 Å². The average Bonchev–Trinajstić information content (AvgIpc) is 2.95. The van der Waals surface area contributed by atoms with Gasteiger partial charge in [0.2, 0.25) is 5.91 Å². The van der Waals surface area contributed by atoms with E-state index in [1.165, 1.54) is 23.6 Å². The lowest BCUT2D eigenvalue weighted by Gasteiger charge is -2.15. The van der Waals surface area contributed by atoms with Gasteiger partial charge in [-0.05, 0) is 42.5 Å². The van der Waals surface area contributed by atoms with Crippen LogP contribution < -0.4 is 19.7 Å². The van der Waals surface area contributed by atoms with Crippen LogP contribution in [0.4, 0.5) is 11.4 Å². The van der Waals surface area contributed by atoms with E-state index in [4.69, 9.17) is 21.7 Å². The fourth-order valence-electron chi connectivity index (χ4n) is 2.67. The Hall–Kier alpha value is -2.84. The third kappa shape index (κ3) is 4.18. The summed E-state index contributed by atoms with van der Waals surface area (Å²) in [6.45, 7) is 1.44. The Morgan fingerprint density at radius 2 is 1.86 bits per heavy atom. The molecule has 0 aliphatic carbocycles. The van der Waals surface area contributed by atoms with Gasteiger partial charge in [0, 0.05) is 24.2 Å². The molecule has 6 nitrogen and oxygen atoms in total. The maximum atomic E-state index is 12.9. The smallest absolute Gasteiger partial charge is 0.270 e.